The number of nitrogens with two attached hydrogens (primary N) is 1. The van der Waals surface area contributed by atoms with Crippen LogP contribution in [0, 0.1) is 12.7 Å². The minimum atomic E-state index is -0.624. The number of hydrogen-bond acceptors (Lipinski definition) is 8. The Morgan fingerprint density at radius 3 is 2.57 bits per heavy atom. The summed E-state index contributed by atoms with van der Waals surface area (Å²) < 4.78 is 22.1. The lowest BCUT2D eigenvalue weighted by Gasteiger charge is -2.09. The Bertz CT molecular complexity index is 1660. The molecule has 0 aliphatic rings. The second-order valence-corrected chi connectivity index (χ2v) is 8.25. The third-order valence-corrected chi connectivity index (χ3v) is 5.47. The monoisotopic (exact) mass is 496 g/mol. The number of benzene rings is 2. The van der Waals surface area contributed by atoms with Crippen molar-refractivity contribution in [1.29, 1.82) is 0 Å². The molecule has 0 saturated carbocycles. The van der Waals surface area contributed by atoms with Crippen molar-refractivity contribution in [3.8, 4) is 34.1 Å². The van der Waals surface area contributed by atoms with Crippen molar-refractivity contribution in [2.75, 3.05) is 11.1 Å². The fourth-order valence-corrected chi connectivity index (χ4v) is 3.66. The van der Waals surface area contributed by atoms with Crippen LogP contribution < -0.4 is 15.8 Å². The third kappa shape index (κ3) is 4.69. The zero-order valence-electron chi connectivity index (χ0n) is 19.9. The van der Waals surface area contributed by atoms with E-state index in [2.05, 4.69) is 37.0 Å². The van der Waals surface area contributed by atoms with E-state index in [9.17, 15) is 4.79 Å². The van der Waals surface area contributed by atoms with Crippen molar-refractivity contribution in [2.45, 2.75) is 13.8 Å². The molecule has 37 heavy (non-hydrogen) atoms. The van der Waals surface area contributed by atoms with Crippen LogP contribution >= 0.6 is 0 Å². The van der Waals surface area contributed by atoms with Gasteiger partial charge in [-0.3, -0.25) is 4.79 Å². The second-order valence-electron chi connectivity index (χ2n) is 8.25. The molecular formula is C26H21FN8O2. The topological polar surface area (TPSA) is 133 Å². The molecule has 11 heteroatoms. The molecule has 184 valence electrons. The molecule has 0 aliphatic heterocycles. The summed E-state index contributed by atoms with van der Waals surface area (Å²) >= 11 is 0. The van der Waals surface area contributed by atoms with Gasteiger partial charge in [0.1, 0.15) is 17.5 Å². The summed E-state index contributed by atoms with van der Waals surface area (Å²) in [5.41, 5.74) is 10.5. The number of fused-ring (bicyclic) bond motifs is 1. The van der Waals surface area contributed by atoms with Gasteiger partial charge in [-0.1, -0.05) is 24.8 Å². The van der Waals surface area contributed by atoms with Gasteiger partial charge in [0.05, 0.1) is 0 Å². The minimum absolute atomic E-state index is 0.0331. The van der Waals surface area contributed by atoms with Crippen molar-refractivity contribution >= 4 is 22.9 Å². The van der Waals surface area contributed by atoms with Gasteiger partial charge >= 0.3 is 6.01 Å². The first-order valence-corrected chi connectivity index (χ1v) is 11.1. The fourth-order valence-electron chi connectivity index (χ4n) is 3.66. The molecule has 3 heterocycles. The van der Waals surface area contributed by atoms with Gasteiger partial charge in [-0.15, -0.1) is 14.8 Å². The maximum absolute atomic E-state index is 15.2. The number of aryl methyl sites for hydroxylation is 1. The quantitative estimate of drug-likeness (QED) is 0.326. The number of carbonyl (C=O) groups is 1. The van der Waals surface area contributed by atoms with Gasteiger partial charge < -0.3 is 15.8 Å². The van der Waals surface area contributed by atoms with Crippen molar-refractivity contribution in [2.24, 2.45) is 0 Å². The highest BCUT2D eigenvalue weighted by molar-refractivity contribution is 6.03. The van der Waals surface area contributed by atoms with Crippen molar-refractivity contribution in [3.05, 3.63) is 84.7 Å². The number of ether oxygens (including phenoxy) is 1. The highest BCUT2D eigenvalue weighted by Crippen LogP contribution is 2.38. The van der Waals surface area contributed by atoms with Gasteiger partial charge in [0.25, 0.3) is 5.91 Å². The maximum Gasteiger partial charge on any atom is 0.322 e. The maximum atomic E-state index is 15.2. The summed E-state index contributed by atoms with van der Waals surface area (Å²) in [6, 6.07) is 13.3. The van der Waals surface area contributed by atoms with Crippen molar-refractivity contribution in [3.63, 3.8) is 0 Å². The zero-order chi connectivity index (χ0) is 26.1. The van der Waals surface area contributed by atoms with E-state index in [1.807, 2.05) is 0 Å². The number of hydrogen-bond donors (Lipinski definition) is 2. The molecule has 0 saturated heterocycles. The molecule has 2 aromatic carbocycles. The molecule has 5 aromatic rings. The SMILES string of the molecule is C=C(C)C(=O)Nc1ccc(-c2nn3ncnc(N)c3c2-c2ccc(Oc3nccc(C)n3)c(F)c2)cc1. The molecule has 0 bridgehead atoms. The zero-order valence-corrected chi connectivity index (χ0v) is 19.9. The Morgan fingerprint density at radius 1 is 1.11 bits per heavy atom. The van der Waals surface area contributed by atoms with E-state index >= 15 is 4.39 Å². The van der Waals surface area contributed by atoms with Crippen LogP contribution in [0.5, 0.6) is 11.8 Å². The van der Waals surface area contributed by atoms with E-state index in [1.54, 1.807) is 50.2 Å². The third-order valence-electron chi connectivity index (χ3n) is 5.47. The molecule has 0 spiro atoms. The molecule has 3 N–H and O–H groups in total. The molecule has 1 amide bonds. The number of carbonyl (C=O) groups excluding carboxylic acids is 1. The average molecular weight is 497 g/mol. The highest BCUT2D eigenvalue weighted by atomic mass is 19.1. The minimum Gasteiger partial charge on any atom is -0.421 e. The van der Waals surface area contributed by atoms with Gasteiger partial charge in [-0.2, -0.15) is 0 Å². The number of rotatable bonds is 6. The highest BCUT2D eigenvalue weighted by Gasteiger charge is 2.21. The van der Waals surface area contributed by atoms with Gasteiger partial charge in [-0.05, 0) is 49.7 Å². The summed E-state index contributed by atoms with van der Waals surface area (Å²) in [5.74, 6) is -0.753. The van der Waals surface area contributed by atoms with Crippen molar-refractivity contribution < 1.29 is 13.9 Å². The van der Waals surface area contributed by atoms with Gasteiger partial charge in [0, 0.05) is 34.3 Å². The van der Waals surface area contributed by atoms with E-state index < -0.39 is 5.82 Å². The van der Waals surface area contributed by atoms with Gasteiger partial charge in [0.15, 0.2) is 17.4 Å². The number of nitrogen functional groups attached to an aromatic ring is 1. The molecule has 3 aromatic heterocycles. The summed E-state index contributed by atoms with van der Waals surface area (Å²) in [6.07, 6.45) is 2.83. The van der Waals surface area contributed by atoms with Crippen LogP contribution in [-0.2, 0) is 4.79 Å². The van der Waals surface area contributed by atoms with E-state index in [1.165, 1.54) is 29.3 Å². The van der Waals surface area contributed by atoms with Crippen LogP contribution in [0.25, 0.3) is 27.9 Å². The predicted molar refractivity (Wildman–Crippen MR) is 136 cm³/mol. The Morgan fingerprint density at radius 2 is 1.86 bits per heavy atom. The average Bonchev–Trinajstić information content (AvgIpc) is 3.27. The Kier molecular flexibility index (Phi) is 6.02. The first kappa shape index (κ1) is 23.5. The number of halogens is 1. The number of nitrogens with one attached hydrogen (secondary N) is 1. The van der Waals surface area contributed by atoms with Crippen LogP contribution in [0.1, 0.15) is 12.6 Å². The Hall–Kier alpha value is -5.19. The molecule has 5 rings (SSSR count). The Balaban J connectivity index is 1.57. The lowest BCUT2D eigenvalue weighted by molar-refractivity contribution is -0.112. The summed E-state index contributed by atoms with van der Waals surface area (Å²) in [6.45, 7) is 7.05. The summed E-state index contributed by atoms with van der Waals surface area (Å²) in [7, 11) is 0. The molecule has 0 radical (unpaired) electrons. The molecule has 0 fully saturated rings. The van der Waals surface area contributed by atoms with Crippen molar-refractivity contribution in [1.82, 2.24) is 29.8 Å². The van der Waals surface area contributed by atoms with E-state index in [-0.39, 0.29) is 23.5 Å². The lowest BCUT2D eigenvalue weighted by atomic mass is 9.99. The number of amides is 1. The normalized spacial score (nSPS) is 10.9. The van der Waals surface area contributed by atoms with Crippen LogP contribution in [0.3, 0.4) is 0 Å². The second kappa shape index (κ2) is 9.46. The summed E-state index contributed by atoms with van der Waals surface area (Å²) in [4.78, 5) is 24.2. The first-order valence-electron chi connectivity index (χ1n) is 11.1. The summed E-state index contributed by atoms with van der Waals surface area (Å²) in [5, 5.41) is 11.5. The van der Waals surface area contributed by atoms with E-state index in [0.717, 1.165) is 0 Å². The molecule has 0 unspecified atom stereocenters. The smallest absolute Gasteiger partial charge is 0.322 e. The number of aromatic nitrogens is 6. The molecule has 0 atom stereocenters. The predicted octanol–water partition coefficient (Wildman–Crippen LogP) is 4.58. The largest absolute Gasteiger partial charge is 0.421 e. The standard InChI is InChI=1S/C26H21FN8O2/c1-14(2)25(36)33-18-7-4-16(5-8-18)22-21(23-24(28)30-13-31-35(23)34-22)17-6-9-20(19(27)12-17)37-26-29-11-10-15(3)32-26/h4-13H,1H2,2-3H3,(H,33,36)(H2,28,30,31). The van der Waals surface area contributed by atoms with Crippen LogP contribution in [0.4, 0.5) is 15.9 Å². The Labute approximate surface area is 210 Å². The number of anilines is 2. The van der Waals surface area contributed by atoms with Crippen LogP contribution in [0.15, 0.2) is 73.2 Å². The lowest BCUT2D eigenvalue weighted by Crippen LogP contribution is -2.11. The van der Waals surface area contributed by atoms with Gasteiger partial charge in [0.2, 0.25) is 0 Å². The fraction of sp³-hybridized carbons (Fsp3) is 0.0769. The number of nitrogens with zero attached hydrogens (tertiary/aromatic N) is 6. The van der Waals surface area contributed by atoms with Gasteiger partial charge in [-0.25, -0.2) is 19.3 Å². The van der Waals surface area contributed by atoms with Crippen LogP contribution in [0.2, 0.25) is 0 Å². The molecule has 10 nitrogen and oxygen atoms in total. The van der Waals surface area contributed by atoms with Crippen LogP contribution in [-0.4, -0.2) is 35.7 Å². The molecule has 0 aliphatic carbocycles. The van der Waals surface area contributed by atoms with E-state index in [0.29, 0.717) is 44.9 Å². The van der Waals surface area contributed by atoms with E-state index in [4.69, 9.17) is 10.5 Å². The first-order chi connectivity index (χ1) is 17.8. The molecular weight excluding hydrogens is 475 g/mol.